The van der Waals surface area contributed by atoms with E-state index in [-0.39, 0.29) is 17.7 Å². The zero-order chi connectivity index (χ0) is 13.0. The van der Waals surface area contributed by atoms with E-state index in [2.05, 4.69) is 0 Å². The Morgan fingerprint density at radius 3 is 2.28 bits per heavy atom. The van der Waals surface area contributed by atoms with Gasteiger partial charge in [0.1, 0.15) is 5.78 Å². The molecule has 0 aromatic heterocycles. The average molecular weight is 251 g/mol. The van der Waals surface area contributed by atoms with Gasteiger partial charge in [-0.3, -0.25) is 9.59 Å². The van der Waals surface area contributed by atoms with Gasteiger partial charge in [0.15, 0.2) is 0 Å². The first-order chi connectivity index (χ1) is 8.68. The number of carbonyl (C=O) groups excluding carboxylic acids is 2. The molecule has 1 aliphatic heterocycles. The van der Waals surface area contributed by atoms with Gasteiger partial charge in [-0.25, -0.2) is 0 Å². The molecule has 3 nitrogen and oxygen atoms in total. The highest BCUT2D eigenvalue weighted by Crippen LogP contribution is 2.29. The molecule has 3 heteroatoms. The predicted octanol–water partition coefficient (Wildman–Crippen LogP) is 2.93. The van der Waals surface area contributed by atoms with Crippen molar-refractivity contribution in [1.29, 1.82) is 0 Å². The number of rotatable bonds is 3. The second-order valence-electron chi connectivity index (χ2n) is 5.92. The molecule has 0 aromatic carbocycles. The molecule has 1 atom stereocenters. The first-order valence-electron chi connectivity index (χ1n) is 7.48. The number of carbonyl (C=O) groups is 2. The number of ketones is 1. The molecule has 2 aliphatic rings. The molecule has 1 heterocycles. The lowest BCUT2D eigenvalue weighted by Gasteiger charge is -2.28. The fourth-order valence-electron chi connectivity index (χ4n) is 3.43. The zero-order valence-corrected chi connectivity index (χ0v) is 11.5. The molecule has 0 radical (unpaired) electrons. The molecule has 0 spiro atoms. The minimum atomic E-state index is 0.193. The quantitative estimate of drug-likeness (QED) is 0.723. The molecule has 0 aromatic rings. The third kappa shape index (κ3) is 3.33. The van der Waals surface area contributed by atoms with Gasteiger partial charge >= 0.3 is 0 Å². The van der Waals surface area contributed by atoms with Crippen LogP contribution >= 0.6 is 0 Å². The van der Waals surface area contributed by atoms with E-state index in [0.29, 0.717) is 12.3 Å². The van der Waals surface area contributed by atoms with Gasteiger partial charge in [-0.1, -0.05) is 25.7 Å². The van der Waals surface area contributed by atoms with E-state index in [1.165, 1.54) is 25.7 Å². The lowest BCUT2D eigenvalue weighted by Crippen LogP contribution is -2.40. The molecule has 2 rings (SSSR count). The summed E-state index contributed by atoms with van der Waals surface area (Å²) in [6, 6.07) is 0.193. The molecule has 1 amide bonds. The fraction of sp³-hybridized carbons (Fsp3) is 0.867. The van der Waals surface area contributed by atoms with E-state index < -0.39 is 0 Å². The maximum atomic E-state index is 12.6. The van der Waals surface area contributed by atoms with E-state index in [1.54, 1.807) is 6.92 Å². The number of hydrogen-bond acceptors (Lipinski definition) is 2. The Kier molecular flexibility index (Phi) is 4.79. The van der Waals surface area contributed by atoms with E-state index in [0.717, 1.165) is 32.2 Å². The lowest BCUT2D eigenvalue weighted by molar-refractivity contribution is -0.137. The largest absolute Gasteiger partial charge is 0.339 e. The SMILES string of the molecule is CC(=O)CC1CCCN1C(=O)C1CCCCCC1. The van der Waals surface area contributed by atoms with Crippen LogP contribution in [0.2, 0.25) is 0 Å². The molecule has 1 aliphatic carbocycles. The molecule has 2 fully saturated rings. The van der Waals surface area contributed by atoms with Gasteiger partial charge in [-0.2, -0.15) is 0 Å². The second kappa shape index (κ2) is 6.35. The van der Waals surface area contributed by atoms with Crippen molar-refractivity contribution in [1.82, 2.24) is 4.90 Å². The van der Waals surface area contributed by atoms with Crippen molar-refractivity contribution in [3.05, 3.63) is 0 Å². The summed E-state index contributed by atoms with van der Waals surface area (Å²) in [5.74, 6) is 0.779. The standard InChI is InChI=1S/C15H25NO2/c1-12(17)11-14-9-6-10-16(14)15(18)13-7-4-2-3-5-8-13/h13-14H,2-11H2,1H3. The molecule has 0 bridgehead atoms. The van der Waals surface area contributed by atoms with Crippen LogP contribution in [0.5, 0.6) is 0 Å². The van der Waals surface area contributed by atoms with Crippen molar-refractivity contribution in [3.63, 3.8) is 0 Å². The monoisotopic (exact) mass is 251 g/mol. The molecule has 102 valence electrons. The van der Waals surface area contributed by atoms with Crippen LogP contribution in [0, 0.1) is 5.92 Å². The lowest BCUT2D eigenvalue weighted by atomic mass is 9.98. The molecule has 1 saturated heterocycles. The van der Waals surface area contributed by atoms with E-state index in [4.69, 9.17) is 0 Å². The van der Waals surface area contributed by atoms with Gasteiger partial charge in [-0.05, 0) is 32.6 Å². The number of likely N-dealkylation sites (tertiary alicyclic amines) is 1. The van der Waals surface area contributed by atoms with Gasteiger partial charge in [0.2, 0.25) is 5.91 Å². The van der Waals surface area contributed by atoms with Crippen LogP contribution in [-0.2, 0) is 9.59 Å². The van der Waals surface area contributed by atoms with Gasteiger partial charge < -0.3 is 4.90 Å². The van der Waals surface area contributed by atoms with Gasteiger partial charge in [0.05, 0.1) is 0 Å². The van der Waals surface area contributed by atoms with E-state index >= 15 is 0 Å². The van der Waals surface area contributed by atoms with Crippen LogP contribution in [-0.4, -0.2) is 29.2 Å². The minimum absolute atomic E-state index is 0.193. The highest BCUT2D eigenvalue weighted by molar-refractivity contribution is 5.81. The predicted molar refractivity (Wildman–Crippen MR) is 71.2 cm³/mol. The highest BCUT2D eigenvalue weighted by atomic mass is 16.2. The van der Waals surface area contributed by atoms with Crippen LogP contribution in [0.25, 0.3) is 0 Å². The van der Waals surface area contributed by atoms with Crippen molar-refractivity contribution < 1.29 is 9.59 Å². The first-order valence-corrected chi connectivity index (χ1v) is 7.48. The van der Waals surface area contributed by atoms with Crippen molar-refractivity contribution in [2.75, 3.05) is 6.54 Å². The second-order valence-corrected chi connectivity index (χ2v) is 5.92. The Bertz CT molecular complexity index is 306. The molecule has 1 unspecified atom stereocenters. The highest BCUT2D eigenvalue weighted by Gasteiger charge is 2.33. The summed E-state index contributed by atoms with van der Waals surface area (Å²) in [6.07, 6.45) is 9.70. The van der Waals surface area contributed by atoms with Crippen LogP contribution in [0.15, 0.2) is 0 Å². The maximum Gasteiger partial charge on any atom is 0.225 e. The molecular formula is C15H25NO2. The number of nitrogens with zero attached hydrogens (tertiary/aromatic N) is 1. The number of hydrogen-bond donors (Lipinski definition) is 0. The van der Waals surface area contributed by atoms with E-state index in [1.807, 2.05) is 4.90 Å². The zero-order valence-electron chi connectivity index (χ0n) is 11.5. The van der Waals surface area contributed by atoms with Gasteiger partial charge in [0.25, 0.3) is 0 Å². The van der Waals surface area contributed by atoms with Crippen LogP contribution in [0.3, 0.4) is 0 Å². The topological polar surface area (TPSA) is 37.4 Å². The normalized spacial score (nSPS) is 26.1. The third-order valence-corrected chi connectivity index (χ3v) is 4.39. The summed E-state index contributed by atoms with van der Waals surface area (Å²) >= 11 is 0. The van der Waals surface area contributed by atoms with Crippen molar-refractivity contribution in [2.45, 2.75) is 70.8 Å². The number of amides is 1. The van der Waals surface area contributed by atoms with Gasteiger partial charge in [-0.15, -0.1) is 0 Å². The summed E-state index contributed by atoms with van der Waals surface area (Å²) in [5, 5.41) is 0. The summed E-state index contributed by atoms with van der Waals surface area (Å²) in [4.78, 5) is 25.8. The Balaban J connectivity index is 1.95. The summed E-state index contributed by atoms with van der Waals surface area (Å²) in [6.45, 7) is 2.50. The van der Waals surface area contributed by atoms with Gasteiger partial charge in [0, 0.05) is 24.9 Å². The van der Waals surface area contributed by atoms with Crippen molar-refractivity contribution >= 4 is 11.7 Å². The Morgan fingerprint density at radius 2 is 1.67 bits per heavy atom. The average Bonchev–Trinajstić information content (AvgIpc) is 2.63. The van der Waals surface area contributed by atoms with Crippen molar-refractivity contribution in [2.24, 2.45) is 5.92 Å². The molecule has 0 N–H and O–H groups in total. The Hall–Kier alpha value is -0.860. The third-order valence-electron chi connectivity index (χ3n) is 4.39. The maximum absolute atomic E-state index is 12.6. The number of Topliss-reactive ketones (excluding diaryl/α,β-unsaturated/α-hetero) is 1. The smallest absolute Gasteiger partial charge is 0.225 e. The summed E-state index contributed by atoms with van der Waals surface area (Å²) in [7, 11) is 0. The van der Waals surface area contributed by atoms with Crippen LogP contribution < -0.4 is 0 Å². The Morgan fingerprint density at radius 1 is 1.00 bits per heavy atom. The van der Waals surface area contributed by atoms with Crippen molar-refractivity contribution in [3.8, 4) is 0 Å². The molecule has 1 saturated carbocycles. The van der Waals surface area contributed by atoms with Crippen LogP contribution in [0.1, 0.15) is 64.7 Å². The fourth-order valence-corrected chi connectivity index (χ4v) is 3.43. The molecule has 18 heavy (non-hydrogen) atoms. The minimum Gasteiger partial charge on any atom is -0.339 e. The van der Waals surface area contributed by atoms with E-state index in [9.17, 15) is 9.59 Å². The summed E-state index contributed by atoms with van der Waals surface area (Å²) < 4.78 is 0. The summed E-state index contributed by atoms with van der Waals surface area (Å²) in [5.41, 5.74) is 0. The van der Waals surface area contributed by atoms with Crippen LogP contribution in [0.4, 0.5) is 0 Å². The first kappa shape index (κ1) is 13.6. The Labute approximate surface area is 110 Å². The molecular weight excluding hydrogens is 226 g/mol.